The van der Waals surface area contributed by atoms with Crippen LogP contribution in [0.5, 0.6) is 0 Å². The van der Waals surface area contributed by atoms with Crippen LogP contribution in [0.15, 0.2) is 0 Å². The van der Waals surface area contributed by atoms with Gasteiger partial charge in [0.15, 0.2) is 0 Å². The molecule has 1 amide bonds. The van der Waals surface area contributed by atoms with Crippen molar-refractivity contribution in [1.29, 1.82) is 0 Å². The van der Waals surface area contributed by atoms with Crippen molar-refractivity contribution in [3.05, 3.63) is 0 Å². The second-order valence-electron chi connectivity index (χ2n) is 5.41. The van der Waals surface area contributed by atoms with E-state index in [0.717, 1.165) is 0 Å². The highest BCUT2D eigenvalue weighted by Gasteiger charge is 2.59. The van der Waals surface area contributed by atoms with Gasteiger partial charge in [0.1, 0.15) is 6.04 Å². The fourth-order valence-corrected chi connectivity index (χ4v) is 4.02. The number of carbonyl (C=O) groups is 3. The molecule has 0 N–H and O–H groups in total. The molecule has 2 atom stereocenters. The Morgan fingerprint density at radius 3 is 2.67 bits per heavy atom. The maximum Gasteiger partial charge on any atom is 0.511 e. The van der Waals surface area contributed by atoms with Crippen LogP contribution in [0, 0.1) is 0 Å². The van der Waals surface area contributed by atoms with Crippen molar-refractivity contribution in [2.75, 3.05) is 13.4 Å². The van der Waals surface area contributed by atoms with Crippen LogP contribution in [0.1, 0.15) is 33.6 Å². The molecule has 2 saturated heterocycles. The fourth-order valence-electron chi connectivity index (χ4n) is 2.40. The van der Waals surface area contributed by atoms with E-state index in [0.29, 0.717) is 12.8 Å². The van der Waals surface area contributed by atoms with Crippen molar-refractivity contribution in [3.8, 4) is 0 Å². The summed E-state index contributed by atoms with van der Waals surface area (Å²) in [6.45, 7) is 5.39. The third-order valence-electron chi connectivity index (χ3n) is 3.35. The molecule has 0 aromatic heterocycles. The normalized spacial score (nSPS) is 25.9. The molecule has 0 aliphatic carbocycles. The lowest BCUT2D eigenvalue weighted by molar-refractivity contribution is -0.168. The molecular weight excluding hydrogens is 298 g/mol. The number of esters is 1. The highest BCUT2D eigenvalue weighted by Crippen LogP contribution is 2.50. The Morgan fingerprint density at radius 1 is 1.33 bits per heavy atom. The zero-order chi connectivity index (χ0) is 15.6. The van der Waals surface area contributed by atoms with E-state index in [1.165, 1.54) is 0 Å². The Morgan fingerprint density at radius 2 is 2.05 bits per heavy atom. The van der Waals surface area contributed by atoms with Gasteiger partial charge < -0.3 is 19.1 Å². The lowest BCUT2D eigenvalue weighted by Crippen LogP contribution is -2.57. The van der Waals surface area contributed by atoms with Gasteiger partial charge in [0.25, 0.3) is 0 Å². The molecule has 21 heavy (non-hydrogen) atoms. The van der Waals surface area contributed by atoms with Gasteiger partial charge in [-0.1, -0.05) is 6.92 Å². The first-order valence-corrected chi connectivity index (χ1v) is 7.70. The third-order valence-corrected chi connectivity index (χ3v) is 4.85. The number of amides is 1. The number of hydrogen-bond donors (Lipinski definition) is 0. The van der Waals surface area contributed by atoms with Gasteiger partial charge in [-0.2, -0.15) is 0 Å². The molecule has 2 rings (SSSR count). The zero-order valence-corrected chi connectivity index (χ0v) is 13.1. The average Bonchev–Trinajstić information content (AvgIpc) is 2.62. The number of carbonyl (C=O) groups excluding carboxylic acids is 3. The second kappa shape index (κ2) is 6.13. The highest BCUT2D eigenvalue weighted by molar-refractivity contribution is 8.01. The topological polar surface area (TPSA) is 82.1 Å². The molecule has 7 nitrogen and oxygen atoms in total. The maximum atomic E-state index is 12.1. The Labute approximate surface area is 127 Å². The highest BCUT2D eigenvalue weighted by atomic mass is 32.2. The van der Waals surface area contributed by atoms with Gasteiger partial charge in [0.2, 0.25) is 12.7 Å². The molecule has 2 aliphatic rings. The Bertz CT molecular complexity index is 452. The largest absolute Gasteiger partial charge is 0.511 e. The van der Waals surface area contributed by atoms with Crippen molar-refractivity contribution in [1.82, 2.24) is 4.90 Å². The van der Waals surface area contributed by atoms with Gasteiger partial charge in [0, 0.05) is 4.75 Å². The molecule has 0 unspecified atom stereocenters. The van der Waals surface area contributed by atoms with Gasteiger partial charge in [-0.3, -0.25) is 4.79 Å². The molecular formula is C13H19NO6S. The van der Waals surface area contributed by atoms with Crippen LogP contribution in [0.3, 0.4) is 0 Å². The standard InChI is InChI=1S/C13H19NO6S/c1-4-5-18-12(17)20-7-19-11(16)10-13(2,3)21-9-6-8(15)14(9)10/h9-10H,4-7H2,1-3H3/t9-,10+/m1/s1. The quantitative estimate of drug-likeness (QED) is 0.432. The number of nitrogens with zero attached hydrogens (tertiary/aromatic N) is 1. The van der Waals surface area contributed by atoms with Crippen LogP contribution in [-0.2, 0) is 23.8 Å². The molecule has 2 heterocycles. The Kier molecular flexibility index (Phi) is 4.65. The van der Waals surface area contributed by atoms with E-state index >= 15 is 0 Å². The molecule has 0 bridgehead atoms. The second-order valence-corrected chi connectivity index (χ2v) is 7.24. The van der Waals surface area contributed by atoms with Crippen LogP contribution in [-0.4, -0.2) is 52.5 Å². The Balaban J connectivity index is 1.82. The summed E-state index contributed by atoms with van der Waals surface area (Å²) in [5, 5.41) is 0.0421. The van der Waals surface area contributed by atoms with Crippen LogP contribution < -0.4 is 0 Å². The van der Waals surface area contributed by atoms with Crippen LogP contribution >= 0.6 is 11.8 Å². The number of rotatable bonds is 5. The van der Waals surface area contributed by atoms with Crippen LogP contribution in [0.25, 0.3) is 0 Å². The fraction of sp³-hybridized carbons (Fsp3) is 0.769. The predicted octanol–water partition coefficient (Wildman–Crippen LogP) is 1.50. The summed E-state index contributed by atoms with van der Waals surface area (Å²) in [6.07, 6.45) is 0.265. The predicted molar refractivity (Wildman–Crippen MR) is 74.4 cm³/mol. The lowest BCUT2D eigenvalue weighted by atomic mass is 9.98. The van der Waals surface area contributed by atoms with Gasteiger partial charge >= 0.3 is 12.1 Å². The van der Waals surface area contributed by atoms with Gasteiger partial charge in [0.05, 0.1) is 18.4 Å². The SMILES string of the molecule is CCCOC(=O)OCOC(=O)[C@@H]1N2C(=O)C[C@H]2SC1(C)C. The van der Waals surface area contributed by atoms with E-state index in [1.807, 2.05) is 20.8 Å². The van der Waals surface area contributed by atoms with Crippen LogP contribution in [0.4, 0.5) is 4.79 Å². The molecule has 118 valence electrons. The number of fused-ring (bicyclic) bond motifs is 1. The minimum absolute atomic E-state index is 0.0421. The average molecular weight is 317 g/mol. The summed E-state index contributed by atoms with van der Waals surface area (Å²) in [5.74, 6) is -0.616. The van der Waals surface area contributed by atoms with E-state index in [4.69, 9.17) is 4.74 Å². The van der Waals surface area contributed by atoms with Crippen molar-refractivity contribution in [2.24, 2.45) is 0 Å². The Hall–Kier alpha value is -1.44. The van der Waals surface area contributed by atoms with Crippen molar-refractivity contribution in [3.63, 3.8) is 0 Å². The minimum atomic E-state index is -0.873. The molecule has 0 radical (unpaired) electrons. The molecule has 0 saturated carbocycles. The smallest absolute Gasteiger partial charge is 0.434 e. The van der Waals surface area contributed by atoms with Gasteiger partial charge in [-0.15, -0.1) is 11.8 Å². The first-order valence-electron chi connectivity index (χ1n) is 6.82. The summed E-state index contributed by atoms with van der Waals surface area (Å²) >= 11 is 1.58. The van der Waals surface area contributed by atoms with Crippen molar-refractivity contribution >= 4 is 29.8 Å². The lowest BCUT2D eigenvalue weighted by Gasteiger charge is -2.37. The van der Waals surface area contributed by atoms with Crippen molar-refractivity contribution < 1.29 is 28.6 Å². The molecule has 0 aromatic carbocycles. The molecule has 2 aliphatic heterocycles. The summed E-state index contributed by atoms with van der Waals surface area (Å²) in [4.78, 5) is 36.4. The summed E-state index contributed by atoms with van der Waals surface area (Å²) in [5.41, 5.74) is 0. The van der Waals surface area contributed by atoms with E-state index in [1.54, 1.807) is 16.7 Å². The maximum absolute atomic E-state index is 12.1. The zero-order valence-electron chi connectivity index (χ0n) is 12.3. The van der Waals surface area contributed by atoms with Crippen molar-refractivity contribution in [2.45, 2.75) is 49.8 Å². The van der Waals surface area contributed by atoms with E-state index in [-0.39, 0.29) is 17.9 Å². The number of thioether (sulfide) groups is 1. The summed E-state index contributed by atoms with van der Waals surface area (Å²) < 4.78 is 13.8. The molecule has 0 aromatic rings. The monoisotopic (exact) mass is 317 g/mol. The van der Waals surface area contributed by atoms with E-state index in [9.17, 15) is 14.4 Å². The number of ether oxygens (including phenoxy) is 3. The van der Waals surface area contributed by atoms with Gasteiger partial charge in [-0.05, 0) is 20.3 Å². The summed E-state index contributed by atoms with van der Waals surface area (Å²) in [7, 11) is 0. The van der Waals surface area contributed by atoms with E-state index < -0.39 is 29.7 Å². The molecule has 2 fully saturated rings. The van der Waals surface area contributed by atoms with Crippen LogP contribution in [0.2, 0.25) is 0 Å². The number of hydrogen-bond acceptors (Lipinski definition) is 7. The minimum Gasteiger partial charge on any atom is -0.434 e. The first-order chi connectivity index (χ1) is 9.86. The molecule has 0 spiro atoms. The third kappa shape index (κ3) is 3.25. The number of β-lactam (4-membered cyclic amide) rings is 1. The first kappa shape index (κ1) is 15.9. The van der Waals surface area contributed by atoms with Gasteiger partial charge in [-0.25, -0.2) is 9.59 Å². The summed E-state index contributed by atoms with van der Waals surface area (Å²) in [6, 6.07) is -0.649. The van der Waals surface area contributed by atoms with E-state index in [2.05, 4.69) is 9.47 Å². The molecule has 8 heteroatoms.